The summed E-state index contributed by atoms with van der Waals surface area (Å²) in [7, 11) is -3.44. The Morgan fingerprint density at radius 2 is 1.88 bits per heavy atom. The van der Waals surface area contributed by atoms with Crippen LogP contribution in [-0.2, 0) is 10.0 Å². The fourth-order valence-corrected chi connectivity index (χ4v) is 2.93. The minimum Gasteiger partial charge on any atom is -0.508 e. The predicted octanol–water partition coefficient (Wildman–Crippen LogP) is 1.72. The molecule has 1 aliphatic carbocycles. The van der Waals surface area contributed by atoms with E-state index in [1.807, 2.05) is 0 Å². The topological polar surface area (TPSA) is 66.4 Å². The van der Waals surface area contributed by atoms with Crippen molar-refractivity contribution in [1.29, 1.82) is 0 Å². The van der Waals surface area contributed by atoms with Crippen LogP contribution in [0.3, 0.4) is 0 Å². The molecule has 4 nitrogen and oxygen atoms in total. The summed E-state index contributed by atoms with van der Waals surface area (Å²) in [6, 6.07) is 5.54. The van der Waals surface area contributed by atoms with Gasteiger partial charge in [-0.05, 0) is 42.0 Å². The third-order valence-electron chi connectivity index (χ3n) is 3.38. The summed E-state index contributed by atoms with van der Waals surface area (Å²) >= 11 is 0. The van der Waals surface area contributed by atoms with Crippen molar-refractivity contribution >= 4 is 10.0 Å². The minimum atomic E-state index is -3.44. The molecule has 5 heteroatoms. The minimum absolute atomic E-state index is 0.0623. The first-order chi connectivity index (χ1) is 7.81. The van der Waals surface area contributed by atoms with E-state index >= 15 is 0 Å². The zero-order valence-corrected chi connectivity index (χ0v) is 10.8. The highest BCUT2D eigenvalue weighted by molar-refractivity contribution is 7.89. The zero-order valence-electron chi connectivity index (χ0n) is 9.97. The molecule has 1 fully saturated rings. The Hall–Kier alpha value is -1.07. The molecule has 0 bridgehead atoms. The van der Waals surface area contributed by atoms with E-state index in [9.17, 15) is 8.42 Å². The number of nitrogens with one attached hydrogen (secondary N) is 1. The highest BCUT2D eigenvalue weighted by Crippen LogP contribution is 2.51. The molecule has 2 N–H and O–H groups in total. The Labute approximate surface area is 102 Å². The molecular weight excluding hydrogens is 238 g/mol. The molecule has 0 spiro atoms. The van der Waals surface area contributed by atoms with Gasteiger partial charge in [-0.2, -0.15) is 0 Å². The molecule has 1 aliphatic rings. The van der Waals surface area contributed by atoms with Crippen LogP contribution in [0.4, 0.5) is 0 Å². The van der Waals surface area contributed by atoms with E-state index in [0.717, 1.165) is 6.42 Å². The lowest BCUT2D eigenvalue weighted by atomic mass is 10.1. The number of hydrogen-bond donors (Lipinski definition) is 2. The van der Waals surface area contributed by atoms with E-state index in [1.54, 1.807) is 0 Å². The lowest BCUT2D eigenvalue weighted by Crippen LogP contribution is -2.26. The fraction of sp³-hybridized carbons (Fsp3) is 0.500. The van der Waals surface area contributed by atoms with E-state index in [4.69, 9.17) is 5.11 Å². The molecule has 1 aromatic carbocycles. The van der Waals surface area contributed by atoms with E-state index in [1.165, 1.54) is 24.3 Å². The van der Waals surface area contributed by atoms with Crippen molar-refractivity contribution in [3.05, 3.63) is 24.3 Å². The van der Waals surface area contributed by atoms with Gasteiger partial charge in [-0.25, -0.2) is 13.1 Å². The summed E-state index contributed by atoms with van der Waals surface area (Å²) in [5.74, 6) is 0.488. The lowest BCUT2D eigenvalue weighted by molar-refractivity contribution is 0.474. The van der Waals surface area contributed by atoms with Gasteiger partial charge >= 0.3 is 0 Å². The van der Waals surface area contributed by atoms with Gasteiger partial charge in [0.05, 0.1) is 4.90 Å². The number of phenols is 1. The average Bonchev–Trinajstić information content (AvgIpc) is 2.85. The molecule has 0 aromatic heterocycles. The summed E-state index contributed by atoms with van der Waals surface area (Å²) in [6.07, 6.45) is 1.06. The van der Waals surface area contributed by atoms with Gasteiger partial charge in [0, 0.05) is 6.54 Å². The normalized spacial score (nSPS) is 22.4. The first-order valence-electron chi connectivity index (χ1n) is 5.60. The maximum Gasteiger partial charge on any atom is 0.240 e. The molecular formula is C12H17NO3S. The fourth-order valence-electron chi connectivity index (χ4n) is 1.84. The van der Waals surface area contributed by atoms with Gasteiger partial charge in [-0.15, -0.1) is 0 Å². The molecule has 1 atom stereocenters. The second kappa shape index (κ2) is 3.99. The highest BCUT2D eigenvalue weighted by Gasteiger charge is 2.45. The molecule has 0 aliphatic heterocycles. The van der Waals surface area contributed by atoms with Gasteiger partial charge in [0.1, 0.15) is 5.75 Å². The van der Waals surface area contributed by atoms with Gasteiger partial charge in [0.2, 0.25) is 10.0 Å². The first kappa shape index (κ1) is 12.4. The maximum absolute atomic E-state index is 11.9. The van der Waals surface area contributed by atoms with Crippen molar-refractivity contribution in [2.45, 2.75) is 25.2 Å². The zero-order chi connectivity index (χ0) is 12.7. The summed E-state index contributed by atoms with van der Waals surface area (Å²) in [6.45, 7) is 4.75. The van der Waals surface area contributed by atoms with Crippen molar-refractivity contribution in [1.82, 2.24) is 4.72 Å². The monoisotopic (exact) mass is 255 g/mol. The maximum atomic E-state index is 11.9. The van der Waals surface area contributed by atoms with Crippen LogP contribution in [0.5, 0.6) is 5.75 Å². The number of aromatic hydroxyl groups is 1. The lowest BCUT2D eigenvalue weighted by Gasteiger charge is -2.07. The smallest absolute Gasteiger partial charge is 0.240 e. The van der Waals surface area contributed by atoms with E-state index in [2.05, 4.69) is 18.6 Å². The molecule has 94 valence electrons. The predicted molar refractivity (Wildman–Crippen MR) is 65.2 cm³/mol. The van der Waals surface area contributed by atoms with Crippen molar-refractivity contribution in [2.75, 3.05) is 6.54 Å². The van der Waals surface area contributed by atoms with Crippen LogP contribution in [0.1, 0.15) is 20.3 Å². The second-order valence-electron chi connectivity index (χ2n) is 5.24. The Balaban J connectivity index is 2.02. The third kappa shape index (κ3) is 2.79. The molecule has 0 heterocycles. The molecule has 0 radical (unpaired) electrons. The quantitative estimate of drug-likeness (QED) is 0.861. The molecule has 17 heavy (non-hydrogen) atoms. The van der Waals surface area contributed by atoms with Crippen LogP contribution < -0.4 is 4.72 Å². The highest BCUT2D eigenvalue weighted by atomic mass is 32.2. The number of phenolic OH excluding ortho intramolecular Hbond substituents is 1. The van der Waals surface area contributed by atoms with Crippen LogP contribution in [0.15, 0.2) is 29.2 Å². The molecule has 1 saturated carbocycles. The molecule has 1 unspecified atom stereocenters. The van der Waals surface area contributed by atoms with Gasteiger partial charge in [-0.3, -0.25) is 0 Å². The first-order valence-corrected chi connectivity index (χ1v) is 7.08. The average molecular weight is 255 g/mol. The molecule has 1 aromatic rings. The number of hydrogen-bond acceptors (Lipinski definition) is 3. The molecule has 0 saturated heterocycles. The summed E-state index contributed by atoms with van der Waals surface area (Å²) in [4.78, 5) is 0.189. The van der Waals surface area contributed by atoms with Gasteiger partial charge in [0.25, 0.3) is 0 Å². The Bertz CT molecular complexity index is 505. The SMILES string of the molecule is CC1(C)CC1CNS(=O)(=O)c1ccc(O)cc1. The summed E-state index contributed by atoms with van der Waals surface area (Å²) in [5, 5.41) is 9.10. The van der Waals surface area contributed by atoms with E-state index < -0.39 is 10.0 Å². The Kier molecular flexibility index (Phi) is 2.91. The number of rotatable bonds is 4. The van der Waals surface area contributed by atoms with E-state index in [0.29, 0.717) is 12.5 Å². The van der Waals surface area contributed by atoms with Crippen molar-refractivity contribution in [3.8, 4) is 5.75 Å². The van der Waals surface area contributed by atoms with Crippen LogP contribution in [0.2, 0.25) is 0 Å². The molecule has 2 rings (SSSR count). The largest absolute Gasteiger partial charge is 0.508 e. The van der Waals surface area contributed by atoms with Crippen LogP contribution >= 0.6 is 0 Å². The van der Waals surface area contributed by atoms with Gasteiger partial charge < -0.3 is 5.11 Å². The van der Waals surface area contributed by atoms with E-state index in [-0.39, 0.29) is 16.1 Å². The van der Waals surface area contributed by atoms with Crippen LogP contribution in [0.25, 0.3) is 0 Å². The Morgan fingerprint density at radius 1 is 1.35 bits per heavy atom. The number of benzene rings is 1. The van der Waals surface area contributed by atoms with Gasteiger partial charge in [-0.1, -0.05) is 13.8 Å². The molecule has 0 amide bonds. The van der Waals surface area contributed by atoms with Gasteiger partial charge in [0.15, 0.2) is 0 Å². The van der Waals surface area contributed by atoms with Crippen LogP contribution in [-0.4, -0.2) is 20.1 Å². The second-order valence-corrected chi connectivity index (χ2v) is 7.00. The summed E-state index contributed by atoms with van der Waals surface area (Å²) < 4.78 is 26.4. The standard InChI is InChI=1S/C12H17NO3S/c1-12(2)7-9(12)8-13-17(15,16)11-5-3-10(14)4-6-11/h3-6,9,13-14H,7-8H2,1-2H3. The third-order valence-corrected chi connectivity index (χ3v) is 4.82. The Morgan fingerprint density at radius 3 is 2.35 bits per heavy atom. The van der Waals surface area contributed by atoms with Crippen molar-refractivity contribution < 1.29 is 13.5 Å². The van der Waals surface area contributed by atoms with Crippen molar-refractivity contribution in [2.24, 2.45) is 11.3 Å². The van der Waals surface area contributed by atoms with Crippen molar-refractivity contribution in [3.63, 3.8) is 0 Å². The van der Waals surface area contributed by atoms with Crippen LogP contribution in [0, 0.1) is 11.3 Å². The number of sulfonamides is 1. The summed E-state index contributed by atoms with van der Waals surface area (Å²) in [5.41, 5.74) is 0.261.